The van der Waals surface area contributed by atoms with E-state index in [1.807, 2.05) is 0 Å². The van der Waals surface area contributed by atoms with E-state index >= 15 is 0 Å². The zero-order valence-corrected chi connectivity index (χ0v) is 17.2. The summed E-state index contributed by atoms with van der Waals surface area (Å²) in [5, 5.41) is 2.47. The number of carbonyl (C=O) groups is 1. The lowest BCUT2D eigenvalue weighted by Gasteiger charge is -2.31. The first-order valence-electron chi connectivity index (χ1n) is 9.50. The van der Waals surface area contributed by atoms with Crippen LogP contribution < -0.4 is 15.8 Å². The number of hydrogen-bond acceptors (Lipinski definition) is 7. The van der Waals surface area contributed by atoms with Gasteiger partial charge in [0, 0.05) is 24.8 Å². The molecule has 0 bridgehead atoms. The van der Waals surface area contributed by atoms with E-state index in [0.29, 0.717) is 6.61 Å². The number of halogens is 4. The van der Waals surface area contributed by atoms with Crippen molar-refractivity contribution in [3.05, 3.63) is 47.7 Å². The summed E-state index contributed by atoms with van der Waals surface area (Å²) in [4.78, 5) is 24.2. The zero-order valence-electron chi connectivity index (χ0n) is 17.2. The second-order valence-electron chi connectivity index (χ2n) is 7.28. The fraction of sp³-hybridized carbons (Fsp3) is 0.400. The molecule has 1 amide bonds. The molecule has 1 aromatic carbocycles. The van der Waals surface area contributed by atoms with Crippen LogP contribution in [0.15, 0.2) is 35.6 Å². The van der Waals surface area contributed by atoms with Crippen molar-refractivity contribution in [2.24, 2.45) is 16.6 Å². The summed E-state index contributed by atoms with van der Waals surface area (Å²) in [5.74, 6) is -3.61. The van der Waals surface area contributed by atoms with Crippen molar-refractivity contribution in [1.29, 1.82) is 0 Å². The number of anilines is 1. The molecule has 172 valence electrons. The van der Waals surface area contributed by atoms with Crippen LogP contribution in [0.25, 0.3) is 0 Å². The van der Waals surface area contributed by atoms with Crippen LogP contribution in [0.4, 0.5) is 23.2 Å². The highest BCUT2D eigenvalue weighted by Crippen LogP contribution is 2.49. The van der Waals surface area contributed by atoms with Gasteiger partial charge in [0.2, 0.25) is 5.88 Å². The van der Waals surface area contributed by atoms with Gasteiger partial charge in [0.15, 0.2) is 0 Å². The van der Waals surface area contributed by atoms with Crippen molar-refractivity contribution in [3.8, 4) is 5.88 Å². The lowest BCUT2D eigenvalue weighted by Crippen LogP contribution is -2.38. The molecule has 12 heteroatoms. The third-order valence-electron chi connectivity index (χ3n) is 5.03. The molecule has 3 N–H and O–H groups in total. The number of amides is 1. The van der Waals surface area contributed by atoms with Gasteiger partial charge in [-0.3, -0.25) is 9.79 Å². The van der Waals surface area contributed by atoms with E-state index in [4.69, 9.17) is 15.2 Å². The first kappa shape index (κ1) is 23.4. The predicted octanol–water partition coefficient (Wildman–Crippen LogP) is 3.05. The van der Waals surface area contributed by atoms with E-state index in [2.05, 4.69) is 20.3 Å². The highest BCUT2D eigenvalue weighted by Gasteiger charge is 2.56. The largest absolute Gasteiger partial charge is 0.474 e. The Labute approximate surface area is 180 Å². The molecule has 1 aliphatic rings. The summed E-state index contributed by atoms with van der Waals surface area (Å²) in [6, 6.07) is 3.30. The number of aromatic nitrogens is 2. The standard InChI is InChI=1S/C20H21F4N5O3/c1-19(15(20(22,23)24)8-16(25)29-19)12-7-11(3-4-13(12)21)28-18(30)14-9-27-17(10-26-14)32-6-5-31-2/h3-4,7,9-10,15H,5-6,8H2,1-2H3,(H2,25,29)(H,28,30)/t15-,19-/m1/s1. The van der Waals surface area contributed by atoms with Gasteiger partial charge in [0.1, 0.15) is 18.1 Å². The van der Waals surface area contributed by atoms with Gasteiger partial charge in [-0.1, -0.05) is 0 Å². The van der Waals surface area contributed by atoms with Crippen molar-refractivity contribution in [2.75, 3.05) is 25.6 Å². The van der Waals surface area contributed by atoms with Gasteiger partial charge in [-0.15, -0.1) is 0 Å². The first-order valence-corrected chi connectivity index (χ1v) is 9.50. The summed E-state index contributed by atoms with van der Waals surface area (Å²) in [5.41, 5.74) is 3.26. The van der Waals surface area contributed by atoms with Gasteiger partial charge >= 0.3 is 6.18 Å². The van der Waals surface area contributed by atoms with Crippen molar-refractivity contribution < 1.29 is 31.8 Å². The van der Waals surface area contributed by atoms with Crippen LogP contribution in [-0.4, -0.2) is 48.2 Å². The zero-order chi connectivity index (χ0) is 23.5. The Morgan fingerprint density at radius 2 is 2.03 bits per heavy atom. The minimum Gasteiger partial charge on any atom is -0.474 e. The highest BCUT2D eigenvalue weighted by molar-refractivity contribution is 6.02. The number of rotatable bonds is 7. The summed E-state index contributed by atoms with van der Waals surface area (Å²) >= 11 is 0. The molecule has 1 aromatic heterocycles. The molecular formula is C20H21F4N5O3. The molecule has 2 aromatic rings. The molecule has 0 fully saturated rings. The lowest BCUT2D eigenvalue weighted by molar-refractivity contribution is -0.187. The van der Waals surface area contributed by atoms with E-state index < -0.39 is 35.8 Å². The third kappa shape index (κ3) is 4.96. The number of aliphatic imine (C=N–C) groups is 1. The highest BCUT2D eigenvalue weighted by atomic mass is 19.4. The smallest absolute Gasteiger partial charge is 0.394 e. The number of benzene rings is 1. The molecule has 0 unspecified atom stereocenters. The number of alkyl halides is 3. The monoisotopic (exact) mass is 455 g/mol. The predicted molar refractivity (Wildman–Crippen MR) is 107 cm³/mol. The molecule has 32 heavy (non-hydrogen) atoms. The quantitative estimate of drug-likeness (QED) is 0.490. The number of hydrogen-bond donors (Lipinski definition) is 2. The van der Waals surface area contributed by atoms with Crippen LogP contribution in [0.3, 0.4) is 0 Å². The number of amidine groups is 1. The maximum absolute atomic E-state index is 14.6. The molecule has 2 atom stereocenters. The molecular weight excluding hydrogens is 434 g/mol. The Hall–Kier alpha value is -3.28. The molecule has 0 saturated heterocycles. The van der Waals surface area contributed by atoms with Crippen molar-refractivity contribution in [1.82, 2.24) is 9.97 Å². The van der Waals surface area contributed by atoms with Gasteiger partial charge in [-0.05, 0) is 25.1 Å². The Bertz CT molecular complexity index is 1010. The fourth-order valence-electron chi connectivity index (χ4n) is 3.44. The minimum atomic E-state index is -4.65. The van der Waals surface area contributed by atoms with Gasteiger partial charge in [0.05, 0.1) is 36.3 Å². The molecule has 0 aliphatic carbocycles. The van der Waals surface area contributed by atoms with Crippen LogP contribution >= 0.6 is 0 Å². The third-order valence-corrected chi connectivity index (χ3v) is 5.03. The number of nitrogens with zero attached hydrogens (tertiary/aromatic N) is 3. The molecule has 0 spiro atoms. The van der Waals surface area contributed by atoms with Gasteiger partial charge in [-0.25, -0.2) is 14.4 Å². The summed E-state index contributed by atoms with van der Waals surface area (Å²) < 4.78 is 65.3. The number of nitrogens with two attached hydrogens (primary N) is 1. The Balaban J connectivity index is 1.81. The van der Waals surface area contributed by atoms with E-state index in [0.717, 1.165) is 12.1 Å². The SMILES string of the molecule is COCCOc1cnc(C(=O)Nc2ccc(F)c([C@@]3(C)N=C(N)C[C@H]3C(F)(F)F)c2)cn1. The van der Waals surface area contributed by atoms with Gasteiger partial charge < -0.3 is 20.5 Å². The van der Waals surface area contributed by atoms with Crippen LogP contribution in [-0.2, 0) is 10.3 Å². The second-order valence-corrected chi connectivity index (χ2v) is 7.28. The maximum Gasteiger partial charge on any atom is 0.394 e. The maximum atomic E-state index is 14.6. The number of methoxy groups -OCH3 is 1. The van der Waals surface area contributed by atoms with Crippen LogP contribution in [0.2, 0.25) is 0 Å². The summed E-state index contributed by atoms with van der Waals surface area (Å²) in [6.45, 7) is 1.77. The normalized spacial score (nSPS) is 20.7. The van der Waals surface area contributed by atoms with Gasteiger partial charge in [0.25, 0.3) is 5.91 Å². The Morgan fingerprint density at radius 1 is 1.28 bits per heavy atom. The summed E-state index contributed by atoms with van der Waals surface area (Å²) in [6.07, 6.45) is -2.77. The molecule has 1 aliphatic heterocycles. The van der Waals surface area contributed by atoms with Crippen molar-refractivity contribution >= 4 is 17.4 Å². The second kappa shape index (κ2) is 9.07. The van der Waals surface area contributed by atoms with Crippen LogP contribution in [0.1, 0.15) is 29.4 Å². The van der Waals surface area contributed by atoms with Crippen molar-refractivity contribution in [3.63, 3.8) is 0 Å². The Morgan fingerprint density at radius 3 is 2.66 bits per heavy atom. The molecule has 8 nitrogen and oxygen atoms in total. The fourth-order valence-corrected chi connectivity index (χ4v) is 3.44. The molecule has 0 radical (unpaired) electrons. The number of ether oxygens (including phenoxy) is 2. The van der Waals surface area contributed by atoms with E-state index in [1.165, 1.54) is 32.5 Å². The summed E-state index contributed by atoms with van der Waals surface area (Å²) in [7, 11) is 1.51. The van der Waals surface area contributed by atoms with E-state index in [9.17, 15) is 22.4 Å². The molecule has 0 saturated carbocycles. The lowest BCUT2D eigenvalue weighted by atomic mass is 9.79. The molecule has 3 rings (SSSR count). The Kier molecular flexibility index (Phi) is 6.63. The van der Waals surface area contributed by atoms with Gasteiger partial charge in [-0.2, -0.15) is 13.2 Å². The molecule has 2 heterocycles. The first-order chi connectivity index (χ1) is 15.0. The van der Waals surface area contributed by atoms with E-state index in [1.54, 1.807) is 0 Å². The van der Waals surface area contributed by atoms with E-state index in [-0.39, 0.29) is 35.3 Å². The number of carbonyl (C=O) groups excluding carboxylic acids is 1. The van der Waals surface area contributed by atoms with Crippen LogP contribution in [0, 0.1) is 11.7 Å². The minimum absolute atomic E-state index is 0.0662. The number of nitrogens with one attached hydrogen (secondary N) is 1. The van der Waals surface area contributed by atoms with Crippen molar-refractivity contribution in [2.45, 2.75) is 25.1 Å². The average molecular weight is 455 g/mol. The van der Waals surface area contributed by atoms with Crippen LogP contribution in [0.5, 0.6) is 5.88 Å². The topological polar surface area (TPSA) is 112 Å². The average Bonchev–Trinajstić information content (AvgIpc) is 3.05.